The minimum atomic E-state index is 0.189. The number of ether oxygens (including phenoxy) is 1. The minimum absolute atomic E-state index is 0.189. The van der Waals surface area contributed by atoms with Gasteiger partial charge in [0.2, 0.25) is 0 Å². The molecule has 0 aliphatic rings. The van der Waals surface area contributed by atoms with Gasteiger partial charge in [0.25, 0.3) is 0 Å². The van der Waals surface area contributed by atoms with E-state index in [2.05, 4.69) is 16.4 Å². The van der Waals surface area contributed by atoms with Gasteiger partial charge < -0.3 is 9.84 Å². The van der Waals surface area contributed by atoms with Crippen LogP contribution in [0.2, 0.25) is 0 Å². The number of hydrogen-bond donors (Lipinski definition) is 1. The summed E-state index contributed by atoms with van der Waals surface area (Å²) in [6, 6.07) is 9.33. The third-order valence-electron chi connectivity index (χ3n) is 2.54. The van der Waals surface area contributed by atoms with E-state index >= 15 is 0 Å². The zero-order valence-corrected chi connectivity index (χ0v) is 11.0. The van der Waals surface area contributed by atoms with Crippen LogP contribution in [-0.4, -0.2) is 25.0 Å². The van der Waals surface area contributed by atoms with E-state index in [0.29, 0.717) is 11.3 Å². The number of benzene rings is 1. The largest absolute Gasteiger partial charge is 0.507 e. The number of aliphatic imine (C=N–C) groups is 1. The number of aromatic hydroxyl groups is 1. The Morgan fingerprint density at radius 2 is 2.28 bits per heavy atom. The molecule has 4 heteroatoms. The Morgan fingerprint density at radius 3 is 2.94 bits per heavy atom. The molecular formula is C14H15NO2S. The molecule has 0 aliphatic carbocycles. The summed E-state index contributed by atoms with van der Waals surface area (Å²) in [6.07, 6.45) is 2.63. The molecule has 1 aromatic carbocycles. The molecular weight excluding hydrogens is 246 g/mol. The molecule has 0 saturated carbocycles. The summed E-state index contributed by atoms with van der Waals surface area (Å²) < 4.78 is 5.02. The maximum atomic E-state index is 9.74. The van der Waals surface area contributed by atoms with Crippen molar-refractivity contribution in [3.8, 4) is 11.5 Å². The van der Waals surface area contributed by atoms with Crippen molar-refractivity contribution in [3.05, 3.63) is 46.2 Å². The van der Waals surface area contributed by atoms with Crippen LogP contribution in [0.5, 0.6) is 11.5 Å². The average Bonchev–Trinajstić information content (AvgIpc) is 2.89. The van der Waals surface area contributed by atoms with E-state index in [9.17, 15) is 5.11 Å². The van der Waals surface area contributed by atoms with Crippen molar-refractivity contribution in [2.24, 2.45) is 4.99 Å². The van der Waals surface area contributed by atoms with Crippen LogP contribution in [0, 0.1) is 0 Å². The Bertz CT molecular complexity index is 521. The van der Waals surface area contributed by atoms with E-state index in [0.717, 1.165) is 13.0 Å². The molecule has 0 aliphatic heterocycles. The summed E-state index contributed by atoms with van der Waals surface area (Å²) in [5, 5.41) is 11.8. The first-order valence-electron chi connectivity index (χ1n) is 5.69. The standard InChI is InChI=1S/C14H15NO2S/c1-17-12-5-4-11(14(16)9-12)10-15-7-6-13-3-2-8-18-13/h2-5,8-10,16H,6-7H2,1H3. The fraction of sp³-hybridized carbons (Fsp3) is 0.214. The van der Waals surface area contributed by atoms with Crippen molar-refractivity contribution in [1.29, 1.82) is 0 Å². The van der Waals surface area contributed by atoms with Gasteiger partial charge in [-0.3, -0.25) is 4.99 Å². The van der Waals surface area contributed by atoms with Gasteiger partial charge in [-0.05, 0) is 23.6 Å². The van der Waals surface area contributed by atoms with Crippen molar-refractivity contribution in [1.82, 2.24) is 0 Å². The number of phenolic OH excluding ortho intramolecular Hbond substituents is 1. The molecule has 0 fully saturated rings. The highest BCUT2D eigenvalue weighted by Gasteiger charge is 2.00. The Kier molecular flexibility index (Phi) is 4.36. The molecule has 1 aromatic heterocycles. The second-order valence-corrected chi connectivity index (χ2v) is 4.82. The zero-order chi connectivity index (χ0) is 12.8. The SMILES string of the molecule is COc1ccc(C=NCCc2cccs2)c(O)c1. The molecule has 1 N–H and O–H groups in total. The van der Waals surface area contributed by atoms with Crippen LogP contribution in [0.4, 0.5) is 0 Å². The molecule has 1 heterocycles. The summed E-state index contributed by atoms with van der Waals surface area (Å²) in [5.41, 5.74) is 0.710. The maximum Gasteiger partial charge on any atom is 0.128 e. The van der Waals surface area contributed by atoms with E-state index in [1.807, 2.05) is 6.07 Å². The molecule has 3 nitrogen and oxygen atoms in total. The highest BCUT2D eigenvalue weighted by Crippen LogP contribution is 2.21. The first kappa shape index (κ1) is 12.6. The normalized spacial score (nSPS) is 10.9. The van der Waals surface area contributed by atoms with Crippen molar-refractivity contribution >= 4 is 17.6 Å². The molecule has 0 atom stereocenters. The Balaban J connectivity index is 1.92. The second-order valence-electron chi connectivity index (χ2n) is 3.79. The summed E-state index contributed by atoms with van der Waals surface area (Å²) >= 11 is 1.74. The van der Waals surface area contributed by atoms with Crippen LogP contribution in [-0.2, 0) is 6.42 Å². The van der Waals surface area contributed by atoms with Gasteiger partial charge in [-0.1, -0.05) is 6.07 Å². The first-order chi connectivity index (χ1) is 8.79. The number of rotatable bonds is 5. The van der Waals surface area contributed by atoms with E-state index in [-0.39, 0.29) is 5.75 Å². The topological polar surface area (TPSA) is 41.8 Å². The number of hydrogen-bond acceptors (Lipinski definition) is 4. The van der Waals surface area contributed by atoms with E-state index < -0.39 is 0 Å². The van der Waals surface area contributed by atoms with Crippen molar-refractivity contribution in [2.75, 3.05) is 13.7 Å². The van der Waals surface area contributed by atoms with Gasteiger partial charge in [-0.2, -0.15) is 0 Å². The van der Waals surface area contributed by atoms with Crippen LogP contribution in [0.25, 0.3) is 0 Å². The van der Waals surface area contributed by atoms with Crippen molar-refractivity contribution < 1.29 is 9.84 Å². The van der Waals surface area contributed by atoms with Crippen LogP contribution < -0.4 is 4.74 Å². The van der Waals surface area contributed by atoms with Gasteiger partial charge in [-0.25, -0.2) is 0 Å². The summed E-state index contributed by atoms with van der Waals surface area (Å²) in [7, 11) is 1.57. The quantitative estimate of drug-likeness (QED) is 0.840. The summed E-state index contributed by atoms with van der Waals surface area (Å²) in [5.74, 6) is 0.831. The Labute approximate surface area is 110 Å². The maximum absolute atomic E-state index is 9.74. The lowest BCUT2D eigenvalue weighted by Crippen LogP contribution is -1.89. The van der Waals surface area contributed by atoms with E-state index in [4.69, 9.17) is 4.74 Å². The second kappa shape index (κ2) is 6.21. The molecule has 94 valence electrons. The first-order valence-corrected chi connectivity index (χ1v) is 6.57. The van der Waals surface area contributed by atoms with Crippen LogP contribution in [0.3, 0.4) is 0 Å². The number of methoxy groups -OCH3 is 1. The van der Waals surface area contributed by atoms with Gasteiger partial charge in [0.15, 0.2) is 0 Å². The molecule has 2 rings (SSSR count). The highest BCUT2D eigenvalue weighted by molar-refractivity contribution is 7.09. The van der Waals surface area contributed by atoms with E-state index in [1.165, 1.54) is 4.88 Å². The average molecular weight is 261 g/mol. The van der Waals surface area contributed by atoms with Crippen molar-refractivity contribution in [2.45, 2.75) is 6.42 Å². The lowest BCUT2D eigenvalue weighted by atomic mass is 10.2. The third kappa shape index (κ3) is 3.34. The van der Waals surface area contributed by atoms with Gasteiger partial charge in [0, 0.05) is 35.7 Å². The Morgan fingerprint density at radius 1 is 1.39 bits per heavy atom. The van der Waals surface area contributed by atoms with Crippen LogP contribution in [0.15, 0.2) is 40.7 Å². The van der Waals surface area contributed by atoms with Crippen molar-refractivity contribution in [3.63, 3.8) is 0 Å². The molecule has 0 unspecified atom stereocenters. The van der Waals surface area contributed by atoms with Gasteiger partial charge in [-0.15, -0.1) is 11.3 Å². The monoisotopic (exact) mass is 261 g/mol. The zero-order valence-electron chi connectivity index (χ0n) is 10.2. The van der Waals surface area contributed by atoms with Gasteiger partial charge in [0.05, 0.1) is 7.11 Å². The summed E-state index contributed by atoms with van der Waals surface area (Å²) in [4.78, 5) is 5.64. The lowest BCUT2D eigenvalue weighted by molar-refractivity contribution is 0.407. The third-order valence-corrected chi connectivity index (χ3v) is 3.47. The van der Waals surface area contributed by atoms with Gasteiger partial charge >= 0.3 is 0 Å². The lowest BCUT2D eigenvalue weighted by Gasteiger charge is -2.02. The predicted molar refractivity (Wildman–Crippen MR) is 75.1 cm³/mol. The molecule has 0 amide bonds. The molecule has 2 aromatic rings. The predicted octanol–water partition coefficient (Wildman–Crippen LogP) is 3.12. The highest BCUT2D eigenvalue weighted by atomic mass is 32.1. The Hall–Kier alpha value is -1.81. The summed E-state index contributed by atoms with van der Waals surface area (Å²) in [6.45, 7) is 0.728. The molecule has 0 bridgehead atoms. The number of nitrogens with zero attached hydrogens (tertiary/aromatic N) is 1. The minimum Gasteiger partial charge on any atom is -0.507 e. The number of thiophene rings is 1. The fourth-order valence-corrected chi connectivity index (χ4v) is 2.25. The van der Waals surface area contributed by atoms with Crippen LogP contribution in [0.1, 0.15) is 10.4 Å². The molecule has 0 saturated heterocycles. The fourth-order valence-electron chi connectivity index (χ4n) is 1.55. The molecule has 0 radical (unpaired) electrons. The smallest absolute Gasteiger partial charge is 0.128 e. The van der Waals surface area contributed by atoms with E-state index in [1.54, 1.807) is 42.9 Å². The number of phenols is 1. The molecule has 18 heavy (non-hydrogen) atoms. The van der Waals surface area contributed by atoms with Gasteiger partial charge in [0.1, 0.15) is 11.5 Å². The molecule has 0 spiro atoms. The van der Waals surface area contributed by atoms with Crippen LogP contribution >= 0.6 is 11.3 Å².